The molecule has 7 heteroatoms. The van der Waals surface area contributed by atoms with Gasteiger partial charge in [-0.05, 0) is 31.9 Å². The third kappa shape index (κ3) is 5.05. The number of para-hydroxylation sites is 1. The average molecular weight is 359 g/mol. The summed E-state index contributed by atoms with van der Waals surface area (Å²) < 4.78 is 7.12. The summed E-state index contributed by atoms with van der Waals surface area (Å²) in [5.74, 6) is 1.11. The Hall–Kier alpha value is -2.41. The Labute approximate surface area is 155 Å². The summed E-state index contributed by atoms with van der Waals surface area (Å²) in [6.07, 6.45) is 1.71. The molecular formula is C19H29N5O2. The maximum atomic E-state index is 12.8. The van der Waals surface area contributed by atoms with Crippen molar-refractivity contribution < 1.29 is 9.53 Å². The van der Waals surface area contributed by atoms with Crippen LogP contribution < -0.4 is 5.32 Å². The minimum absolute atomic E-state index is 0.140. The Bertz CT molecular complexity index is 711. The lowest BCUT2D eigenvalue weighted by molar-refractivity contribution is 0.150. The Morgan fingerprint density at radius 2 is 2.00 bits per heavy atom. The monoisotopic (exact) mass is 359 g/mol. The van der Waals surface area contributed by atoms with Gasteiger partial charge in [-0.25, -0.2) is 4.79 Å². The molecule has 0 atom stereocenters. The van der Waals surface area contributed by atoms with Gasteiger partial charge in [0.15, 0.2) is 5.82 Å². The Morgan fingerprint density at radius 3 is 2.65 bits per heavy atom. The summed E-state index contributed by atoms with van der Waals surface area (Å²) in [5.41, 5.74) is 1.57. The number of amides is 2. The number of aromatic nitrogens is 3. The molecule has 0 bridgehead atoms. The zero-order chi connectivity index (χ0) is 19.1. The van der Waals surface area contributed by atoms with E-state index in [0.717, 1.165) is 17.1 Å². The smallest absolute Gasteiger partial charge is 0.321 e. The summed E-state index contributed by atoms with van der Waals surface area (Å²) in [7, 11) is 1.64. The van der Waals surface area contributed by atoms with Gasteiger partial charge in [-0.3, -0.25) is 0 Å². The molecule has 0 aliphatic carbocycles. The lowest BCUT2D eigenvalue weighted by Crippen LogP contribution is -2.39. The molecule has 26 heavy (non-hydrogen) atoms. The first-order valence-electron chi connectivity index (χ1n) is 8.97. The van der Waals surface area contributed by atoms with Crippen LogP contribution in [-0.2, 0) is 4.74 Å². The number of nitrogens with one attached hydrogen (secondary N) is 1. The first kappa shape index (κ1) is 19.9. The van der Waals surface area contributed by atoms with Gasteiger partial charge in [0.1, 0.15) is 6.33 Å². The number of benzene rings is 1. The van der Waals surface area contributed by atoms with E-state index in [0.29, 0.717) is 25.6 Å². The summed E-state index contributed by atoms with van der Waals surface area (Å²) >= 11 is 0. The number of carbonyl (C=O) groups is 1. The fourth-order valence-corrected chi connectivity index (χ4v) is 2.71. The molecule has 2 aromatic rings. The van der Waals surface area contributed by atoms with E-state index in [-0.39, 0.29) is 12.1 Å². The molecule has 2 amide bonds. The standard InChI is InChI=1S/C19H29N5O2/c1-14(2)12-23(10-11-26-5)19(25)21-17-9-7-6-8-16(17)18-22-20-13-24(18)15(3)4/h6-9,13-15H,10-12H2,1-5H3,(H,21,25). The fraction of sp³-hybridized carbons (Fsp3) is 0.526. The van der Waals surface area contributed by atoms with Gasteiger partial charge in [-0.15, -0.1) is 10.2 Å². The lowest BCUT2D eigenvalue weighted by atomic mass is 10.1. The second-order valence-electron chi connectivity index (χ2n) is 6.96. The molecule has 0 fully saturated rings. The summed E-state index contributed by atoms with van der Waals surface area (Å²) in [4.78, 5) is 14.6. The highest BCUT2D eigenvalue weighted by atomic mass is 16.5. The highest BCUT2D eigenvalue weighted by Gasteiger charge is 2.18. The molecule has 7 nitrogen and oxygen atoms in total. The van der Waals surface area contributed by atoms with Gasteiger partial charge in [0.05, 0.1) is 12.3 Å². The van der Waals surface area contributed by atoms with E-state index in [1.165, 1.54) is 0 Å². The van der Waals surface area contributed by atoms with E-state index in [9.17, 15) is 4.79 Å². The van der Waals surface area contributed by atoms with Crippen LogP contribution in [-0.4, -0.2) is 52.5 Å². The van der Waals surface area contributed by atoms with E-state index in [2.05, 4.69) is 43.2 Å². The number of urea groups is 1. The number of hydrogen-bond acceptors (Lipinski definition) is 4. The van der Waals surface area contributed by atoms with E-state index < -0.39 is 0 Å². The summed E-state index contributed by atoms with van der Waals surface area (Å²) in [6.45, 7) is 10.0. The average Bonchev–Trinajstić information content (AvgIpc) is 3.08. The van der Waals surface area contributed by atoms with Gasteiger partial charge < -0.3 is 19.5 Å². The van der Waals surface area contributed by atoms with Crippen molar-refractivity contribution in [2.75, 3.05) is 32.1 Å². The molecule has 0 radical (unpaired) electrons. The molecule has 1 aromatic heterocycles. The zero-order valence-corrected chi connectivity index (χ0v) is 16.3. The lowest BCUT2D eigenvalue weighted by Gasteiger charge is -2.25. The van der Waals surface area contributed by atoms with Crippen molar-refractivity contribution in [3.05, 3.63) is 30.6 Å². The largest absolute Gasteiger partial charge is 0.383 e. The normalized spacial score (nSPS) is 11.2. The number of hydrogen-bond donors (Lipinski definition) is 1. The minimum atomic E-state index is -0.140. The maximum absolute atomic E-state index is 12.8. The fourth-order valence-electron chi connectivity index (χ4n) is 2.71. The molecule has 142 valence electrons. The van der Waals surface area contributed by atoms with Crippen LogP contribution in [0.1, 0.15) is 33.7 Å². The predicted octanol–water partition coefficient (Wildman–Crippen LogP) is 3.66. The van der Waals surface area contributed by atoms with Crippen molar-refractivity contribution in [3.63, 3.8) is 0 Å². The van der Waals surface area contributed by atoms with Crippen LogP contribution in [0.4, 0.5) is 10.5 Å². The molecule has 2 rings (SSSR count). The molecule has 1 heterocycles. The van der Waals surface area contributed by atoms with Crippen molar-refractivity contribution in [2.45, 2.75) is 33.7 Å². The number of carbonyl (C=O) groups excluding carboxylic acids is 1. The van der Waals surface area contributed by atoms with E-state index in [1.54, 1.807) is 18.3 Å². The van der Waals surface area contributed by atoms with E-state index >= 15 is 0 Å². The third-order valence-electron chi connectivity index (χ3n) is 3.98. The van der Waals surface area contributed by atoms with Crippen LogP contribution in [0.25, 0.3) is 11.4 Å². The molecule has 1 N–H and O–H groups in total. The Kier molecular flexibility index (Phi) is 7.15. The van der Waals surface area contributed by atoms with Crippen LogP contribution in [0, 0.1) is 5.92 Å². The topological polar surface area (TPSA) is 72.3 Å². The number of ether oxygens (including phenoxy) is 1. The van der Waals surface area contributed by atoms with Gasteiger partial charge in [-0.1, -0.05) is 26.0 Å². The molecule has 0 aliphatic rings. The van der Waals surface area contributed by atoms with Gasteiger partial charge in [0.2, 0.25) is 0 Å². The molecule has 0 spiro atoms. The molecule has 0 saturated carbocycles. The second kappa shape index (κ2) is 9.33. The quantitative estimate of drug-likeness (QED) is 0.781. The molecule has 0 aliphatic heterocycles. The maximum Gasteiger partial charge on any atom is 0.321 e. The highest BCUT2D eigenvalue weighted by molar-refractivity contribution is 5.93. The predicted molar refractivity (Wildman–Crippen MR) is 103 cm³/mol. The van der Waals surface area contributed by atoms with Crippen LogP contribution in [0.15, 0.2) is 30.6 Å². The van der Waals surface area contributed by atoms with Gasteiger partial charge in [0.25, 0.3) is 0 Å². The van der Waals surface area contributed by atoms with Crippen LogP contribution in [0.5, 0.6) is 0 Å². The van der Waals surface area contributed by atoms with Crippen molar-refractivity contribution >= 4 is 11.7 Å². The van der Waals surface area contributed by atoms with Crippen molar-refractivity contribution in [1.29, 1.82) is 0 Å². The Balaban J connectivity index is 2.26. The summed E-state index contributed by atoms with van der Waals surface area (Å²) in [5, 5.41) is 11.3. The van der Waals surface area contributed by atoms with Gasteiger partial charge in [0, 0.05) is 31.8 Å². The Morgan fingerprint density at radius 1 is 1.27 bits per heavy atom. The number of rotatable bonds is 8. The molecule has 1 aromatic carbocycles. The molecular weight excluding hydrogens is 330 g/mol. The molecule has 0 saturated heterocycles. The summed E-state index contributed by atoms with van der Waals surface area (Å²) in [6, 6.07) is 7.75. The number of anilines is 1. The third-order valence-corrected chi connectivity index (χ3v) is 3.98. The van der Waals surface area contributed by atoms with Crippen LogP contribution in [0.2, 0.25) is 0 Å². The first-order chi connectivity index (χ1) is 12.4. The van der Waals surface area contributed by atoms with Gasteiger partial charge >= 0.3 is 6.03 Å². The van der Waals surface area contributed by atoms with Crippen molar-refractivity contribution in [3.8, 4) is 11.4 Å². The highest BCUT2D eigenvalue weighted by Crippen LogP contribution is 2.28. The number of nitrogens with zero attached hydrogens (tertiary/aromatic N) is 4. The zero-order valence-electron chi connectivity index (χ0n) is 16.3. The van der Waals surface area contributed by atoms with E-state index in [4.69, 9.17) is 4.74 Å². The van der Waals surface area contributed by atoms with Crippen molar-refractivity contribution in [1.82, 2.24) is 19.7 Å². The SMILES string of the molecule is COCCN(CC(C)C)C(=O)Nc1ccccc1-c1nncn1C(C)C. The number of methoxy groups -OCH3 is 1. The van der Waals surface area contributed by atoms with Crippen molar-refractivity contribution in [2.24, 2.45) is 5.92 Å². The van der Waals surface area contributed by atoms with Crippen LogP contribution in [0.3, 0.4) is 0 Å². The molecule has 0 unspecified atom stereocenters. The first-order valence-corrected chi connectivity index (χ1v) is 8.97. The van der Waals surface area contributed by atoms with Gasteiger partial charge in [-0.2, -0.15) is 0 Å². The second-order valence-corrected chi connectivity index (χ2v) is 6.96. The minimum Gasteiger partial charge on any atom is -0.383 e. The van der Waals surface area contributed by atoms with E-state index in [1.807, 2.05) is 28.8 Å². The van der Waals surface area contributed by atoms with Crippen LogP contribution >= 0.6 is 0 Å².